The van der Waals surface area contributed by atoms with Crippen LogP contribution in [0.4, 0.5) is 0 Å². The van der Waals surface area contributed by atoms with E-state index >= 15 is 0 Å². The van der Waals surface area contributed by atoms with Crippen molar-refractivity contribution in [1.29, 1.82) is 0 Å². The molecule has 0 radical (unpaired) electrons. The molecule has 40 heavy (non-hydrogen) atoms. The van der Waals surface area contributed by atoms with Gasteiger partial charge in [0.05, 0.1) is 19.9 Å². The number of benzene rings is 1. The lowest BCUT2D eigenvalue weighted by molar-refractivity contribution is -0.131. The number of nitrogens with zero attached hydrogens (tertiary/aromatic N) is 3. The van der Waals surface area contributed by atoms with E-state index in [1.165, 1.54) is 10.8 Å². The molecule has 2 heterocycles. The van der Waals surface area contributed by atoms with Crippen molar-refractivity contribution in [2.45, 2.75) is 52.0 Å². The molecule has 1 fully saturated rings. The molecule has 4 atom stereocenters. The predicted octanol–water partition coefficient (Wildman–Crippen LogP) is 2.10. The Bertz CT molecular complexity index is 1290. The fourth-order valence-electron chi connectivity index (χ4n) is 4.60. The Morgan fingerprint density at radius 1 is 1.18 bits per heavy atom. The van der Waals surface area contributed by atoms with Crippen molar-refractivity contribution in [1.82, 2.24) is 19.4 Å². The quantitative estimate of drug-likeness (QED) is 0.339. The number of aryl methyl sites for hydroxylation is 1. The van der Waals surface area contributed by atoms with Gasteiger partial charge in [0.25, 0.3) is 5.56 Å². The van der Waals surface area contributed by atoms with Gasteiger partial charge in [-0.15, -0.1) is 0 Å². The third-order valence-corrected chi connectivity index (χ3v) is 8.25. The first-order valence-electron chi connectivity index (χ1n) is 13.5. The normalized spacial score (nSPS) is 21.2. The fourth-order valence-corrected chi connectivity index (χ4v) is 5.48. The van der Waals surface area contributed by atoms with Crippen LogP contribution in [0.3, 0.4) is 0 Å². The van der Waals surface area contributed by atoms with Crippen molar-refractivity contribution >= 4 is 13.0 Å². The fraction of sp³-hybridized carbons (Fsp3) is 0.607. The summed E-state index contributed by atoms with van der Waals surface area (Å²) in [5, 5.41) is 2.82. The Morgan fingerprint density at radius 3 is 2.52 bits per heavy atom. The highest BCUT2D eigenvalue weighted by molar-refractivity contribution is 7.62. The first kappa shape index (κ1) is 32.0. The number of amides is 1. The van der Waals surface area contributed by atoms with Crippen molar-refractivity contribution < 1.29 is 23.6 Å². The number of hydrogen-bond acceptors (Lipinski definition) is 8. The molecular weight excluding hydrogens is 535 g/mol. The highest BCUT2D eigenvalue weighted by Gasteiger charge is 2.44. The lowest BCUT2D eigenvalue weighted by Crippen LogP contribution is -2.45. The molecule has 222 valence electrons. The average Bonchev–Trinajstić information content (AvgIpc) is 3.20. The third-order valence-electron chi connectivity index (χ3n) is 6.91. The standard InChI is InChI=1S/C28H43N4O7P/c1-20-16-31(28(35)32(26(20)34)19-37-17-22-10-8-7-9-11-22)27-25(38-18-24(33)29-13-14-30(3)4)21(2)23(39-27)12-15-40(5,6)36/h7-11,16,21,23,25,27H,12-15,17-19H2,1-6H3,(H,29,33)/t21-,23-,25-,27-/m1/s1. The van der Waals surface area contributed by atoms with Crippen molar-refractivity contribution in [3.63, 3.8) is 0 Å². The van der Waals surface area contributed by atoms with Crippen LogP contribution in [0.1, 0.15) is 30.7 Å². The molecule has 1 N–H and O–H groups in total. The number of nitrogens with one attached hydrogen (secondary N) is 1. The van der Waals surface area contributed by atoms with Crippen LogP contribution >= 0.6 is 7.14 Å². The van der Waals surface area contributed by atoms with Crippen LogP contribution in [0.15, 0.2) is 46.1 Å². The highest BCUT2D eigenvalue weighted by Crippen LogP contribution is 2.42. The van der Waals surface area contributed by atoms with E-state index in [2.05, 4.69) is 5.32 Å². The van der Waals surface area contributed by atoms with E-state index in [0.29, 0.717) is 31.2 Å². The third kappa shape index (κ3) is 8.97. The highest BCUT2D eigenvalue weighted by atomic mass is 31.2. The first-order chi connectivity index (χ1) is 18.9. The maximum atomic E-state index is 13.6. The summed E-state index contributed by atoms with van der Waals surface area (Å²) in [6.45, 7) is 8.00. The van der Waals surface area contributed by atoms with Gasteiger partial charge >= 0.3 is 5.69 Å². The zero-order valence-electron chi connectivity index (χ0n) is 24.4. The summed E-state index contributed by atoms with van der Waals surface area (Å²) in [6, 6.07) is 9.47. The van der Waals surface area contributed by atoms with Gasteiger partial charge in [-0.25, -0.2) is 9.36 Å². The van der Waals surface area contributed by atoms with Crippen molar-refractivity contribution in [2.24, 2.45) is 5.92 Å². The second kappa shape index (κ2) is 14.4. The molecule has 2 aromatic rings. The molecule has 0 spiro atoms. The number of carbonyl (C=O) groups is 1. The van der Waals surface area contributed by atoms with Crippen LogP contribution in [-0.4, -0.2) is 85.4 Å². The Kier molecular flexibility index (Phi) is 11.5. The number of carbonyl (C=O) groups excluding carboxylic acids is 1. The second-order valence-electron chi connectivity index (χ2n) is 11.1. The van der Waals surface area contributed by atoms with Gasteiger partial charge in [-0.2, -0.15) is 0 Å². The van der Waals surface area contributed by atoms with E-state index in [9.17, 15) is 18.9 Å². The second-order valence-corrected chi connectivity index (χ2v) is 14.7. The van der Waals surface area contributed by atoms with Crippen molar-refractivity contribution in [2.75, 3.05) is 53.3 Å². The molecule has 12 heteroatoms. The zero-order valence-corrected chi connectivity index (χ0v) is 25.3. The number of rotatable bonds is 14. The Hall–Kier alpha value is -2.56. The van der Waals surface area contributed by atoms with Crippen molar-refractivity contribution in [3.8, 4) is 0 Å². The van der Waals surface area contributed by atoms with Gasteiger partial charge < -0.3 is 29.0 Å². The van der Waals surface area contributed by atoms with Crippen LogP contribution < -0.4 is 16.6 Å². The Balaban J connectivity index is 1.83. The van der Waals surface area contributed by atoms with Crippen LogP contribution in [0, 0.1) is 12.8 Å². The molecule has 3 rings (SSSR count). The molecule has 1 aromatic heterocycles. The molecule has 0 unspecified atom stereocenters. The van der Waals surface area contributed by atoms with Crippen LogP contribution in [0.2, 0.25) is 0 Å². The molecule has 0 aliphatic carbocycles. The summed E-state index contributed by atoms with van der Waals surface area (Å²) in [6.07, 6.45) is 0.594. The van der Waals surface area contributed by atoms with Gasteiger partial charge in [0.1, 0.15) is 19.4 Å². The lowest BCUT2D eigenvalue weighted by atomic mass is 9.98. The minimum Gasteiger partial charge on any atom is -0.363 e. The molecule has 1 aromatic carbocycles. The molecule has 11 nitrogen and oxygen atoms in total. The van der Waals surface area contributed by atoms with Gasteiger partial charge in [0.15, 0.2) is 6.23 Å². The molecule has 0 bridgehead atoms. The monoisotopic (exact) mass is 578 g/mol. The van der Waals surface area contributed by atoms with E-state index in [1.54, 1.807) is 20.3 Å². The number of hydrogen-bond donors (Lipinski definition) is 1. The van der Waals surface area contributed by atoms with E-state index in [-0.39, 0.29) is 37.9 Å². The number of ether oxygens (including phenoxy) is 3. The summed E-state index contributed by atoms with van der Waals surface area (Å²) in [5.74, 6) is -0.473. The van der Waals surface area contributed by atoms with E-state index < -0.39 is 30.7 Å². The summed E-state index contributed by atoms with van der Waals surface area (Å²) in [5.41, 5.74) is 0.213. The summed E-state index contributed by atoms with van der Waals surface area (Å²) in [4.78, 5) is 40.9. The predicted molar refractivity (Wildman–Crippen MR) is 154 cm³/mol. The van der Waals surface area contributed by atoms with E-state index in [1.807, 2.05) is 56.3 Å². The summed E-state index contributed by atoms with van der Waals surface area (Å²) >= 11 is 0. The summed E-state index contributed by atoms with van der Waals surface area (Å²) in [7, 11) is 1.54. The van der Waals surface area contributed by atoms with Crippen molar-refractivity contribution in [3.05, 3.63) is 68.5 Å². The smallest absolute Gasteiger partial charge is 0.335 e. The molecule has 1 saturated heterocycles. The maximum Gasteiger partial charge on any atom is 0.335 e. The molecule has 1 aliphatic heterocycles. The van der Waals surface area contributed by atoms with E-state index in [4.69, 9.17) is 14.2 Å². The molecule has 1 amide bonds. The lowest BCUT2D eigenvalue weighted by Gasteiger charge is -2.24. The Morgan fingerprint density at radius 2 is 1.88 bits per heavy atom. The maximum absolute atomic E-state index is 13.6. The van der Waals surface area contributed by atoms with Gasteiger partial charge in [-0.3, -0.25) is 14.2 Å². The van der Waals surface area contributed by atoms with Gasteiger partial charge in [0.2, 0.25) is 5.91 Å². The average molecular weight is 579 g/mol. The summed E-state index contributed by atoms with van der Waals surface area (Å²) < 4.78 is 32.9. The van der Waals surface area contributed by atoms with Gasteiger partial charge in [-0.05, 0) is 46.3 Å². The van der Waals surface area contributed by atoms with Crippen LogP contribution in [-0.2, 0) is 36.9 Å². The number of likely N-dealkylation sites (N-methyl/N-ethyl adjacent to an activating group) is 1. The zero-order chi connectivity index (χ0) is 29.4. The largest absolute Gasteiger partial charge is 0.363 e. The van der Waals surface area contributed by atoms with Gasteiger partial charge in [0, 0.05) is 36.9 Å². The van der Waals surface area contributed by atoms with Crippen LogP contribution in [0.5, 0.6) is 0 Å². The van der Waals surface area contributed by atoms with E-state index in [0.717, 1.165) is 10.1 Å². The first-order valence-corrected chi connectivity index (χ1v) is 16.3. The Labute approximate surface area is 235 Å². The van der Waals surface area contributed by atoms with Crippen LogP contribution in [0.25, 0.3) is 0 Å². The minimum absolute atomic E-state index is 0.201. The SMILES string of the molecule is Cc1cn([C@@H]2O[C@H](CCP(C)(C)=O)[C@@H](C)[C@H]2OCC(=O)NCCN(C)C)c(=O)n(COCc2ccccc2)c1=O. The molecule has 0 saturated carbocycles. The topological polar surface area (TPSA) is 121 Å². The minimum atomic E-state index is -2.30. The number of aromatic nitrogens is 2. The van der Waals surface area contributed by atoms with Gasteiger partial charge in [-0.1, -0.05) is 37.3 Å². The molecule has 1 aliphatic rings. The molecular formula is C28H43N4O7P.